The maximum Gasteiger partial charge on any atom is 0.411 e. The van der Waals surface area contributed by atoms with Crippen LogP contribution in [0.1, 0.15) is 49.9 Å². The van der Waals surface area contributed by atoms with Gasteiger partial charge in [0.25, 0.3) is 0 Å². The molecular formula is C38H35ClF2N4O3S. The average Bonchev–Trinajstić information content (AvgIpc) is 3.10. The number of halogens is 3. The van der Waals surface area contributed by atoms with Gasteiger partial charge >= 0.3 is 6.09 Å². The number of thioether (sulfide) groups is 1. The van der Waals surface area contributed by atoms with Crippen molar-refractivity contribution in [3.8, 4) is 11.1 Å². The van der Waals surface area contributed by atoms with Crippen molar-refractivity contribution in [3.05, 3.63) is 125 Å². The first-order chi connectivity index (χ1) is 23.7. The number of carbonyl (C=O) groups is 2. The number of amides is 2. The molecule has 49 heavy (non-hydrogen) atoms. The Hall–Kier alpha value is -4.80. The minimum absolute atomic E-state index is 0.132. The van der Waals surface area contributed by atoms with Crippen LogP contribution in [0.3, 0.4) is 0 Å². The lowest BCUT2D eigenvalue weighted by molar-refractivity contribution is -0.116. The first-order valence-electron chi connectivity index (χ1n) is 15.7. The molecule has 1 unspecified atom stereocenters. The van der Waals surface area contributed by atoms with Crippen LogP contribution in [-0.2, 0) is 15.3 Å². The van der Waals surface area contributed by atoms with Gasteiger partial charge in [0.05, 0.1) is 40.5 Å². The molecule has 1 aromatic heterocycles. The zero-order chi connectivity index (χ0) is 34.9. The Morgan fingerprint density at radius 1 is 1.12 bits per heavy atom. The highest BCUT2D eigenvalue weighted by Gasteiger charge is 2.23. The maximum absolute atomic E-state index is 14.9. The summed E-state index contributed by atoms with van der Waals surface area (Å²) in [7, 11) is 1.28. The summed E-state index contributed by atoms with van der Waals surface area (Å²) in [5, 5.41) is 5.32. The van der Waals surface area contributed by atoms with Gasteiger partial charge in [-0.2, -0.15) is 0 Å². The van der Waals surface area contributed by atoms with E-state index in [-0.39, 0.29) is 33.7 Å². The average molecular weight is 701 g/mol. The molecule has 11 heteroatoms. The predicted octanol–water partition coefficient (Wildman–Crippen LogP) is 10.2. The molecule has 0 radical (unpaired) electrons. The van der Waals surface area contributed by atoms with E-state index in [0.717, 1.165) is 28.7 Å². The molecule has 0 saturated heterocycles. The van der Waals surface area contributed by atoms with Gasteiger partial charge in [0.15, 0.2) is 5.82 Å². The molecule has 252 valence electrons. The fraction of sp³-hybridized carbons (Fsp3) is 0.211. The van der Waals surface area contributed by atoms with Gasteiger partial charge in [-0.3, -0.25) is 20.1 Å². The number of hydrogen-bond donors (Lipinski definition) is 2. The van der Waals surface area contributed by atoms with E-state index in [0.29, 0.717) is 41.2 Å². The van der Waals surface area contributed by atoms with Gasteiger partial charge in [-0.1, -0.05) is 60.2 Å². The zero-order valence-corrected chi connectivity index (χ0v) is 28.8. The largest absolute Gasteiger partial charge is 0.453 e. The Morgan fingerprint density at radius 3 is 2.63 bits per heavy atom. The van der Waals surface area contributed by atoms with Crippen molar-refractivity contribution in [1.29, 1.82) is 0 Å². The van der Waals surface area contributed by atoms with E-state index in [1.807, 2.05) is 37.3 Å². The van der Waals surface area contributed by atoms with Gasteiger partial charge < -0.3 is 10.1 Å². The standard InChI is InChI=1S/C38H35ClF2N4O3S/c1-4-31-27-16-15-26(43-38(47)48-3)20-33(27)44-34(46)13-9-8-12-28(37(45-31)23(2)49-22-24-10-6-5-7-11-24)32-19-14-25(21-42-32)35-30(40)18-17-29(39)36(35)41/h4-7,10-12,14-21,23H,8-9,13,22H2,1-3H3,(H,43,47)(H,44,46)/b28-12-,31-4-,45-37+. The van der Waals surface area contributed by atoms with Crippen LogP contribution in [0, 0.1) is 11.6 Å². The number of benzene rings is 3. The number of ether oxygens (including phenoxy) is 1. The lowest BCUT2D eigenvalue weighted by atomic mass is 9.98. The second-order valence-electron chi connectivity index (χ2n) is 11.2. The van der Waals surface area contributed by atoms with Crippen molar-refractivity contribution in [2.45, 2.75) is 44.1 Å². The van der Waals surface area contributed by atoms with Crippen molar-refractivity contribution < 1.29 is 23.1 Å². The Morgan fingerprint density at radius 2 is 1.92 bits per heavy atom. The molecular weight excluding hydrogens is 666 g/mol. The summed E-state index contributed by atoms with van der Waals surface area (Å²) in [6.07, 6.45) is 6.00. The topological polar surface area (TPSA) is 92.7 Å². The fourth-order valence-electron chi connectivity index (χ4n) is 5.33. The Balaban J connectivity index is 1.62. The molecule has 0 fully saturated rings. The number of aromatic nitrogens is 1. The SMILES string of the molecule is C\C=C1/N=C(C(C)SCc2ccccc2)/C(c2ccc(-c3c(F)ccc(Cl)c3F)cn2)=C\CCCC(=O)Nc2cc(NC(=O)OC)ccc21. The number of anilines is 2. The number of fused-ring (bicyclic) bond motifs is 1. The van der Waals surface area contributed by atoms with Crippen LogP contribution in [0.5, 0.6) is 0 Å². The number of hydrogen-bond acceptors (Lipinski definition) is 6. The molecule has 0 bridgehead atoms. The van der Waals surface area contributed by atoms with E-state index in [1.165, 1.54) is 19.4 Å². The van der Waals surface area contributed by atoms with Crippen molar-refractivity contribution in [2.24, 2.45) is 4.99 Å². The van der Waals surface area contributed by atoms with Crippen molar-refractivity contribution in [2.75, 3.05) is 17.7 Å². The number of nitrogens with zero attached hydrogens (tertiary/aromatic N) is 2. The monoisotopic (exact) mass is 700 g/mol. The van der Waals surface area contributed by atoms with Crippen molar-refractivity contribution in [1.82, 2.24) is 4.98 Å². The van der Waals surface area contributed by atoms with Crippen LogP contribution >= 0.6 is 23.4 Å². The van der Waals surface area contributed by atoms with Crippen LogP contribution < -0.4 is 10.6 Å². The van der Waals surface area contributed by atoms with Gasteiger partial charge in [-0.15, -0.1) is 11.8 Å². The van der Waals surface area contributed by atoms with E-state index >= 15 is 0 Å². The lowest BCUT2D eigenvalue weighted by Crippen LogP contribution is -2.19. The number of carbonyl (C=O) groups excluding carboxylic acids is 2. The summed E-state index contributed by atoms with van der Waals surface area (Å²) in [5.74, 6) is -1.05. The van der Waals surface area contributed by atoms with Gasteiger partial charge in [0, 0.05) is 46.0 Å². The number of allylic oxidation sites excluding steroid dienone is 3. The van der Waals surface area contributed by atoms with Crippen LogP contribution in [0.4, 0.5) is 25.0 Å². The normalized spacial score (nSPS) is 17.3. The number of pyridine rings is 1. The van der Waals surface area contributed by atoms with E-state index < -0.39 is 17.7 Å². The number of methoxy groups -OCH3 is 1. The Kier molecular flexibility index (Phi) is 12.0. The molecule has 3 aromatic carbocycles. The van der Waals surface area contributed by atoms with Gasteiger partial charge in [0.2, 0.25) is 5.91 Å². The van der Waals surface area contributed by atoms with Crippen molar-refractivity contribution in [3.63, 3.8) is 0 Å². The third-order valence-electron chi connectivity index (χ3n) is 7.85. The Bertz CT molecular complexity index is 1930. The summed E-state index contributed by atoms with van der Waals surface area (Å²) in [6.45, 7) is 3.94. The molecule has 4 aromatic rings. The molecule has 5 rings (SSSR count). The minimum atomic E-state index is -0.853. The molecule has 0 saturated carbocycles. The summed E-state index contributed by atoms with van der Waals surface area (Å²) in [6, 6.07) is 20.9. The highest BCUT2D eigenvalue weighted by Crippen LogP contribution is 2.35. The molecule has 0 spiro atoms. The summed E-state index contributed by atoms with van der Waals surface area (Å²) >= 11 is 7.68. The third kappa shape index (κ3) is 8.82. The first-order valence-corrected chi connectivity index (χ1v) is 17.1. The van der Waals surface area contributed by atoms with E-state index in [1.54, 1.807) is 42.1 Å². The smallest absolute Gasteiger partial charge is 0.411 e. The summed E-state index contributed by atoms with van der Waals surface area (Å²) in [5.41, 5.74) is 5.38. The second kappa shape index (κ2) is 16.5. The zero-order valence-electron chi connectivity index (χ0n) is 27.2. The highest BCUT2D eigenvalue weighted by molar-refractivity contribution is 7.99. The van der Waals surface area contributed by atoms with Gasteiger partial charge in [-0.25, -0.2) is 13.6 Å². The van der Waals surface area contributed by atoms with Crippen LogP contribution in [-0.4, -0.2) is 35.1 Å². The minimum Gasteiger partial charge on any atom is -0.453 e. The fourth-order valence-corrected chi connectivity index (χ4v) is 6.46. The molecule has 2 heterocycles. The number of nitrogens with one attached hydrogen (secondary N) is 2. The molecule has 7 nitrogen and oxygen atoms in total. The van der Waals surface area contributed by atoms with Crippen LogP contribution in [0.25, 0.3) is 22.4 Å². The Labute approximate surface area is 293 Å². The van der Waals surface area contributed by atoms with Gasteiger partial charge in [-0.05, 0) is 68.7 Å². The number of rotatable bonds is 7. The molecule has 2 N–H and O–H groups in total. The predicted molar refractivity (Wildman–Crippen MR) is 196 cm³/mol. The molecule has 1 aliphatic rings. The number of aliphatic imine (C=N–C) groups is 1. The van der Waals surface area contributed by atoms with Crippen LogP contribution in [0.15, 0.2) is 96.1 Å². The molecule has 2 amide bonds. The lowest BCUT2D eigenvalue weighted by Gasteiger charge is -2.21. The van der Waals surface area contributed by atoms with Crippen LogP contribution in [0.2, 0.25) is 5.02 Å². The maximum atomic E-state index is 14.9. The summed E-state index contributed by atoms with van der Waals surface area (Å²) < 4.78 is 34.4. The highest BCUT2D eigenvalue weighted by atomic mass is 35.5. The van der Waals surface area contributed by atoms with E-state index in [9.17, 15) is 18.4 Å². The molecule has 1 aliphatic heterocycles. The molecule has 1 atom stereocenters. The van der Waals surface area contributed by atoms with E-state index in [4.69, 9.17) is 21.3 Å². The van der Waals surface area contributed by atoms with E-state index in [2.05, 4.69) is 34.7 Å². The molecule has 0 aliphatic carbocycles. The summed E-state index contributed by atoms with van der Waals surface area (Å²) in [4.78, 5) is 34.9. The third-order valence-corrected chi connectivity index (χ3v) is 9.36. The quantitative estimate of drug-likeness (QED) is 0.187. The van der Waals surface area contributed by atoms with Crippen molar-refractivity contribution >= 4 is 63.7 Å². The second-order valence-corrected chi connectivity index (χ2v) is 12.9. The first kappa shape index (κ1) is 35.5. The van der Waals surface area contributed by atoms with Gasteiger partial charge in [0.1, 0.15) is 5.82 Å².